The highest BCUT2D eigenvalue weighted by Gasteiger charge is 2.51. The van der Waals surface area contributed by atoms with E-state index in [4.69, 9.17) is 14.2 Å². The molecule has 2 heterocycles. The van der Waals surface area contributed by atoms with Gasteiger partial charge in [-0.25, -0.2) is 19.6 Å². The number of rotatable bonds is 14. The van der Waals surface area contributed by atoms with E-state index in [1.807, 2.05) is 13.0 Å². The Hall–Kier alpha value is -4.15. The van der Waals surface area contributed by atoms with Crippen LogP contribution in [-0.4, -0.2) is 75.9 Å². The summed E-state index contributed by atoms with van der Waals surface area (Å²) < 4.78 is 17.4. The third-order valence-electron chi connectivity index (χ3n) is 9.43. The van der Waals surface area contributed by atoms with Gasteiger partial charge in [0.05, 0.1) is 24.7 Å². The third-order valence-corrected chi connectivity index (χ3v) is 9.43. The largest absolute Gasteiger partial charge is 0.497 e. The molecule has 0 bridgehead atoms. The van der Waals surface area contributed by atoms with Crippen molar-refractivity contribution < 1.29 is 33.7 Å². The minimum atomic E-state index is -1.13. The molecular weight excluding hydrogens is 576 g/mol. The number of nitrogens with zero attached hydrogens (tertiary/aromatic N) is 3. The van der Waals surface area contributed by atoms with Gasteiger partial charge in [0.15, 0.2) is 0 Å². The predicted octanol–water partition coefficient (Wildman–Crippen LogP) is 5.38. The normalized spacial score (nSPS) is 25.0. The first-order valence-corrected chi connectivity index (χ1v) is 16.0. The number of benzene rings is 1. The molecule has 2 aliphatic carbocycles. The number of unbranched alkanes of at least 4 members (excludes halogenated alkanes) is 1. The molecule has 1 aliphatic heterocycles. The van der Waals surface area contributed by atoms with Crippen molar-refractivity contribution in [3.05, 3.63) is 43.1 Å². The minimum absolute atomic E-state index is 0.0245. The number of carboxylic acids is 1. The first-order chi connectivity index (χ1) is 21.8. The Kier molecular flexibility index (Phi) is 10.2. The van der Waals surface area contributed by atoms with Crippen LogP contribution in [0.3, 0.4) is 0 Å². The Balaban J connectivity index is 1.35. The lowest BCUT2D eigenvalue weighted by Gasteiger charge is -2.31. The highest BCUT2D eigenvalue weighted by molar-refractivity contribution is 5.90. The molecule has 242 valence electrons. The Bertz CT molecular complexity index is 1420. The molecule has 2 aromatic rings. The fourth-order valence-corrected chi connectivity index (χ4v) is 6.89. The summed E-state index contributed by atoms with van der Waals surface area (Å²) in [6.45, 7) is 9.51. The van der Waals surface area contributed by atoms with Crippen LogP contribution < -0.4 is 14.8 Å². The van der Waals surface area contributed by atoms with Gasteiger partial charge in [-0.15, -0.1) is 6.58 Å². The lowest BCUT2D eigenvalue weighted by atomic mass is 9.94. The van der Waals surface area contributed by atoms with Gasteiger partial charge in [0.2, 0.25) is 11.8 Å². The number of nitrogens with one attached hydrogen (secondary N) is 1. The van der Waals surface area contributed by atoms with Crippen molar-refractivity contribution in [2.24, 2.45) is 17.8 Å². The van der Waals surface area contributed by atoms with E-state index in [2.05, 4.69) is 28.4 Å². The molecule has 0 spiro atoms. The molecule has 11 nitrogen and oxygen atoms in total. The number of likely N-dealkylation sites (tertiary alicyclic amines) is 1. The molecule has 2 saturated carbocycles. The Morgan fingerprint density at radius 1 is 1.16 bits per heavy atom. The molecular formula is C34H44N4O7. The average Bonchev–Trinajstić information content (AvgIpc) is 3.39. The number of ether oxygens (including phenoxy) is 3. The summed E-state index contributed by atoms with van der Waals surface area (Å²) in [4.78, 5) is 50.6. The highest BCUT2D eigenvalue weighted by atomic mass is 16.6. The summed E-state index contributed by atoms with van der Waals surface area (Å²) in [5, 5.41) is 13.2. The number of allylic oxidation sites excluding steroid dienone is 1. The molecule has 1 aromatic carbocycles. The maximum absolute atomic E-state index is 14.2. The van der Waals surface area contributed by atoms with E-state index in [1.54, 1.807) is 25.3 Å². The minimum Gasteiger partial charge on any atom is -0.497 e. The van der Waals surface area contributed by atoms with E-state index < -0.39 is 42.1 Å². The quantitative estimate of drug-likeness (QED) is 0.210. The molecule has 6 atom stereocenters. The van der Waals surface area contributed by atoms with E-state index in [0.29, 0.717) is 34.8 Å². The number of amides is 2. The van der Waals surface area contributed by atoms with Crippen LogP contribution in [0.15, 0.2) is 37.4 Å². The second kappa shape index (κ2) is 14.3. The number of aromatic nitrogens is 2. The Morgan fingerprint density at radius 3 is 2.60 bits per heavy atom. The Labute approximate surface area is 264 Å². The van der Waals surface area contributed by atoms with Gasteiger partial charge in [-0.2, -0.15) is 0 Å². The van der Waals surface area contributed by atoms with E-state index in [1.165, 1.54) is 11.0 Å². The number of methoxy groups -OCH3 is 1. The highest BCUT2D eigenvalue weighted by Crippen LogP contribution is 2.39. The monoisotopic (exact) mass is 620 g/mol. The number of carbonyl (C=O) groups is 3. The van der Waals surface area contributed by atoms with Gasteiger partial charge in [0.1, 0.15) is 35.7 Å². The lowest BCUT2D eigenvalue weighted by Crippen LogP contribution is -2.55. The fourth-order valence-electron chi connectivity index (χ4n) is 6.89. The van der Waals surface area contributed by atoms with Crippen molar-refractivity contribution in [1.82, 2.24) is 20.2 Å². The van der Waals surface area contributed by atoms with Gasteiger partial charge in [-0.3, -0.25) is 4.79 Å². The maximum Gasteiger partial charge on any atom is 0.408 e. The second-order valence-electron chi connectivity index (χ2n) is 12.3. The predicted molar refractivity (Wildman–Crippen MR) is 169 cm³/mol. The topological polar surface area (TPSA) is 140 Å². The number of fused-ring (bicyclic) bond motifs is 1. The molecule has 0 unspecified atom stereocenters. The first kappa shape index (κ1) is 32.2. The second-order valence-corrected chi connectivity index (χ2v) is 12.3. The molecule has 0 radical (unpaired) electrons. The maximum atomic E-state index is 14.2. The van der Waals surface area contributed by atoms with Crippen LogP contribution in [0.4, 0.5) is 4.79 Å². The van der Waals surface area contributed by atoms with E-state index in [9.17, 15) is 19.5 Å². The molecule has 1 aromatic heterocycles. The van der Waals surface area contributed by atoms with Crippen LogP contribution in [-0.2, 0) is 14.3 Å². The molecule has 2 N–H and O–H groups in total. The summed E-state index contributed by atoms with van der Waals surface area (Å²) in [5.74, 6) is -1.03. The zero-order valence-electron chi connectivity index (χ0n) is 26.2. The molecule has 3 fully saturated rings. The third kappa shape index (κ3) is 7.23. The van der Waals surface area contributed by atoms with Crippen molar-refractivity contribution in [2.75, 3.05) is 13.7 Å². The van der Waals surface area contributed by atoms with Crippen LogP contribution >= 0.6 is 0 Å². The van der Waals surface area contributed by atoms with Gasteiger partial charge in [-0.1, -0.05) is 32.4 Å². The van der Waals surface area contributed by atoms with Crippen LogP contribution in [0.5, 0.6) is 11.6 Å². The first-order valence-electron chi connectivity index (χ1n) is 16.0. The van der Waals surface area contributed by atoms with Crippen LogP contribution in [0, 0.1) is 17.8 Å². The molecule has 1 saturated heterocycles. The lowest BCUT2D eigenvalue weighted by molar-refractivity contribution is -0.151. The molecule has 3 aliphatic rings. The van der Waals surface area contributed by atoms with Gasteiger partial charge in [-0.05, 0) is 75.0 Å². The number of hydrogen-bond acceptors (Lipinski definition) is 8. The molecule has 11 heteroatoms. The number of carbonyl (C=O) groups excluding carboxylic acids is 2. The summed E-state index contributed by atoms with van der Waals surface area (Å²) in [6.07, 6.45) is 9.55. The smallest absolute Gasteiger partial charge is 0.408 e. The van der Waals surface area contributed by atoms with E-state index >= 15 is 0 Å². The van der Waals surface area contributed by atoms with Gasteiger partial charge in [0.25, 0.3) is 0 Å². The zero-order valence-corrected chi connectivity index (χ0v) is 26.2. The van der Waals surface area contributed by atoms with Crippen LogP contribution in [0.2, 0.25) is 0 Å². The van der Waals surface area contributed by atoms with Crippen molar-refractivity contribution in [1.29, 1.82) is 0 Å². The number of alkyl carbamates (subject to hydrolysis) is 1. The standard InChI is InChI=1S/C34H44N4O7/c1-5-8-9-14-21-17-27(21)45-34(42)37-29(20-12-10-11-13-20)32(39)38-19-28(23(6-2)30(38)33(40)41)44-31-24(7-3)35-25-16-15-22(43-4)18-26(25)36-31/h5,7,15-16,18,20-21,23,27-30H,1,3,6,8-14,17,19H2,2,4H3,(H,37,42)(H,40,41)/t21-,23-,27-,28+,29+,30+/m1/s1. The molecule has 5 rings (SSSR count). The Morgan fingerprint density at radius 2 is 1.93 bits per heavy atom. The zero-order chi connectivity index (χ0) is 32.1. The van der Waals surface area contributed by atoms with Crippen molar-refractivity contribution in [3.8, 4) is 11.6 Å². The average molecular weight is 621 g/mol. The van der Waals surface area contributed by atoms with Gasteiger partial charge < -0.3 is 29.5 Å². The number of hydrogen-bond donors (Lipinski definition) is 2. The number of aliphatic carboxylic acids is 1. The summed E-state index contributed by atoms with van der Waals surface area (Å²) in [5.41, 5.74) is 1.59. The van der Waals surface area contributed by atoms with Crippen molar-refractivity contribution in [3.63, 3.8) is 0 Å². The summed E-state index contributed by atoms with van der Waals surface area (Å²) in [7, 11) is 1.56. The van der Waals surface area contributed by atoms with Crippen molar-refractivity contribution >= 4 is 35.1 Å². The number of carboxylic acid groups (broad SMARTS) is 1. The summed E-state index contributed by atoms with van der Waals surface area (Å²) >= 11 is 0. The van der Waals surface area contributed by atoms with Crippen molar-refractivity contribution in [2.45, 2.75) is 89.0 Å². The SMILES string of the molecule is C=CCCC[C@@H]1C[C@H]1OC(=O)N[C@H](C(=O)N1C[C@H](Oc2nc3cc(OC)ccc3nc2C=C)[C@@H](CC)[C@H]1C(=O)O)C1CCCC1. The summed E-state index contributed by atoms with van der Waals surface area (Å²) in [6, 6.07) is 3.30. The van der Waals surface area contributed by atoms with E-state index in [0.717, 1.165) is 51.4 Å². The van der Waals surface area contributed by atoms with Gasteiger partial charge in [0, 0.05) is 12.0 Å². The van der Waals surface area contributed by atoms with E-state index in [-0.39, 0.29) is 24.4 Å². The van der Waals surface area contributed by atoms with Crippen LogP contribution in [0.1, 0.15) is 70.4 Å². The molecule has 45 heavy (non-hydrogen) atoms. The fraction of sp³-hybridized carbons (Fsp3) is 0.559. The van der Waals surface area contributed by atoms with Crippen LogP contribution in [0.25, 0.3) is 17.1 Å². The molecule has 2 amide bonds. The van der Waals surface area contributed by atoms with Gasteiger partial charge >= 0.3 is 12.1 Å².